The number of fused-ring (bicyclic) bond motifs is 4. The van der Waals surface area contributed by atoms with E-state index in [1.807, 2.05) is 12.1 Å². The molecule has 3 aromatic rings. The fourth-order valence-corrected chi connectivity index (χ4v) is 6.43. The van der Waals surface area contributed by atoms with Crippen molar-refractivity contribution in [3.63, 3.8) is 0 Å². The molecule has 4 aliphatic rings. The molecule has 1 atom stereocenters. The van der Waals surface area contributed by atoms with E-state index >= 15 is 0 Å². The average Bonchev–Trinajstić information content (AvgIpc) is 3.65. The molecule has 0 saturated carbocycles. The van der Waals surface area contributed by atoms with Gasteiger partial charge in [-0.3, -0.25) is 24.6 Å². The molecule has 1 N–H and O–H groups in total. The van der Waals surface area contributed by atoms with Crippen molar-refractivity contribution in [2.45, 2.75) is 50.2 Å². The molecule has 1 unspecified atom stereocenters. The highest BCUT2D eigenvalue weighted by Crippen LogP contribution is 2.49. The van der Waals surface area contributed by atoms with Crippen LogP contribution in [0.1, 0.15) is 52.7 Å². The Hall–Kier alpha value is -4.05. The minimum atomic E-state index is -0.620. The van der Waals surface area contributed by atoms with Gasteiger partial charge in [0.05, 0.1) is 18.8 Å². The predicted octanol–water partition coefficient (Wildman–Crippen LogP) is 1.95. The monoisotopic (exact) mass is 512 g/mol. The quantitative estimate of drug-likeness (QED) is 0.532. The van der Waals surface area contributed by atoms with Crippen molar-refractivity contribution < 1.29 is 19.1 Å². The van der Waals surface area contributed by atoms with Gasteiger partial charge in [-0.25, -0.2) is 9.67 Å². The summed E-state index contributed by atoms with van der Waals surface area (Å²) in [6, 6.07) is 11.7. The number of imide groups is 1. The van der Waals surface area contributed by atoms with Gasteiger partial charge in [-0.1, -0.05) is 18.2 Å². The molecule has 10 nitrogen and oxygen atoms in total. The lowest BCUT2D eigenvalue weighted by atomic mass is 9.74. The Morgan fingerprint density at radius 1 is 1.11 bits per heavy atom. The van der Waals surface area contributed by atoms with Gasteiger partial charge >= 0.3 is 0 Å². The van der Waals surface area contributed by atoms with E-state index < -0.39 is 11.9 Å². The molecule has 4 aliphatic heterocycles. The van der Waals surface area contributed by atoms with Crippen LogP contribution >= 0.6 is 0 Å². The third-order valence-corrected chi connectivity index (χ3v) is 8.54. The zero-order valence-corrected chi connectivity index (χ0v) is 20.9. The maximum absolute atomic E-state index is 13.2. The highest BCUT2D eigenvalue weighted by Gasteiger charge is 2.47. The number of hydrogen-bond acceptors (Lipinski definition) is 7. The van der Waals surface area contributed by atoms with E-state index in [2.05, 4.69) is 44.6 Å². The Balaban J connectivity index is 1.06. The number of nitrogens with one attached hydrogen (secondary N) is 1. The van der Waals surface area contributed by atoms with Crippen molar-refractivity contribution in [1.29, 1.82) is 0 Å². The molecule has 0 aliphatic carbocycles. The SMILES string of the molecule is O=C1CCC(N2Cc3c(ccc4c3OCC43CCN(Cc4cccc(-n5cncn5)c4)CC3)C2=O)C(=O)N1. The molecule has 2 saturated heterocycles. The zero-order chi connectivity index (χ0) is 25.9. The fraction of sp³-hybridized carbons (Fsp3) is 0.393. The van der Waals surface area contributed by atoms with Crippen LogP contribution < -0.4 is 10.1 Å². The van der Waals surface area contributed by atoms with Crippen LogP contribution in [0.5, 0.6) is 5.75 Å². The summed E-state index contributed by atoms with van der Waals surface area (Å²) in [5.41, 5.74) is 4.84. The molecule has 0 bridgehead atoms. The second-order valence-corrected chi connectivity index (χ2v) is 10.7. The van der Waals surface area contributed by atoms with Gasteiger partial charge in [0.15, 0.2) is 0 Å². The van der Waals surface area contributed by atoms with Gasteiger partial charge in [0.25, 0.3) is 5.91 Å². The van der Waals surface area contributed by atoms with Gasteiger partial charge < -0.3 is 9.64 Å². The van der Waals surface area contributed by atoms with Crippen molar-refractivity contribution >= 4 is 17.7 Å². The minimum absolute atomic E-state index is 0.0610. The van der Waals surface area contributed by atoms with E-state index in [0.29, 0.717) is 25.1 Å². The largest absolute Gasteiger partial charge is 0.492 e. The Labute approximate surface area is 219 Å². The number of hydrogen-bond donors (Lipinski definition) is 1. The first-order valence-corrected chi connectivity index (χ1v) is 13.1. The number of rotatable bonds is 4. The molecular formula is C28H28N6O4. The number of carbonyl (C=O) groups excluding carboxylic acids is 3. The number of ether oxygens (including phenoxy) is 1. The number of likely N-dealkylation sites (tertiary alicyclic amines) is 1. The molecule has 1 aromatic heterocycles. The number of carbonyl (C=O) groups is 3. The second kappa shape index (κ2) is 8.76. The van der Waals surface area contributed by atoms with Crippen LogP contribution in [0, 0.1) is 0 Å². The highest BCUT2D eigenvalue weighted by molar-refractivity contribution is 6.05. The second-order valence-electron chi connectivity index (χ2n) is 10.7. The summed E-state index contributed by atoms with van der Waals surface area (Å²) in [6.07, 6.45) is 5.80. The lowest BCUT2D eigenvalue weighted by Crippen LogP contribution is -2.52. The first-order valence-electron chi connectivity index (χ1n) is 13.1. The van der Waals surface area contributed by atoms with E-state index in [0.717, 1.165) is 49.5 Å². The molecule has 2 fully saturated rings. The molecule has 0 radical (unpaired) electrons. The standard InChI is InChI=1S/C28H28N6O4/c35-24-7-6-23(26(36)31-24)33-14-21-20(27(33)37)4-5-22-25(21)38-15-28(22)8-10-32(11-9-28)13-18-2-1-3-19(12-18)34-17-29-16-30-34/h1-5,12,16-17,23H,6-11,13-15H2,(H,31,35,36). The summed E-state index contributed by atoms with van der Waals surface area (Å²) in [4.78, 5) is 45.3. The van der Waals surface area contributed by atoms with Crippen LogP contribution in [-0.4, -0.2) is 68.0 Å². The molecule has 3 amide bonds. The summed E-state index contributed by atoms with van der Waals surface area (Å²) in [7, 11) is 0. The van der Waals surface area contributed by atoms with Gasteiger partial charge in [-0.05, 0) is 56.1 Å². The van der Waals surface area contributed by atoms with Crippen LogP contribution in [0.3, 0.4) is 0 Å². The third kappa shape index (κ3) is 3.70. The maximum atomic E-state index is 13.2. The summed E-state index contributed by atoms with van der Waals surface area (Å²) >= 11 is 0. The van der Waals surface area contributed by atoms with E-state index in [1.165, 1.54) is 17.5 Å². The van der Waals surface area contributed by atoms with Crippen LogP contribution in [0.2, 0.25) is 0 Å². The van der Waals surface area contributed by atoms with Crippen molar-refractivity contribution in [1.82, 2.24) is 29.9 Å². The molecule has 2 aromatic carbocycles. The first-order chi connectivity index (χ1) is 18.5. The van der Waals surface area contributed by atoms with Gasteiger partial charge in [0, 0.05) is 35.1 Å². The summed E-state index contributed by atoms with van der Waals surface area (Å²) in [5.74, 6) is -0.0177. The van der Waals surface area contributed by atoms with Crippen LogP contribution in [0.25, 0.3) is 5.69 Å². The van der Waals surface area contributed by atoms with E-state index in [9.17, 15) is 14.4 Å². The van der Waals surface area contributed by atoms with Crippen molar-refractivity contribution in [3.8, 4) is 11.4 Å². The minimum Gasteiger partial charge on any atom is -0.492 e. The van der Waals surface area contributed by atoms with Crippen molar-refractivity contribution in [2.75, 3.05) is 19.7 Å². The average molecular weight is 513 g/mol. The van der Waals surface area contributed by atoms with Crippen LogP contribution in [-0.2, 0) is 28.1 Å². The molecule has 7 rings (SSSR count). The number of aromatic nitrogens is 3. The number of benzene rings is 2. The van der Waals surface area contributed by atoms with E-state index in [-0.39, 0.29) is 23.7 Å². The number of nitrogens with zero attached hydrogens (tertiary/aromatic N) is 5. The number of piperidine rings is 2. The van der Waals surface area contributed by atoms with Gasteiger partial charge in [0.1, 0.15) is 24.4 Å². The smallest absolute Gasteiger partial charge is 0.255 e. The lowest BCUT2D eigenvalue weighted by Gasteiger charge is -2.38. The maximum Gasteiger partial charge on any atom is 0.255 e. The fourth-order valence-electron chi connectivity index (χ4n) is 6.43. The molecule has 194 valence electrons. The molecular weight excluding hydrogens is 484 g/mol. The first kappa shape index (κ1) is 23.1. The van der Waals surface area contributed by atoms with Gasteiger partial charge in [0.2, 0.25) is 11.8 Å². The summed E-state index contributed by atoms with van der Waals surface area (Å²) in [5, 5.41) is 6.60. The van der Waals surface area contributed by atoms with Crippen molar-refractivity contribution in [2.24, 2.45) is 0 Å². The Kier molecular flexibility index (Phi) is 5.33. The third-order valence-electron chi connectivity index (χ3n) is 8.54. The Morgan fingerprint density at radius 3 is 2.76 bits per heavy atom. The topological polar surface area (TPSA) is 110 Å². The van der Waals surface area contributed by atoms with Gasteiger partial charge in [-0.2, -0.15) is 5.10 Å². The molecule has 38 heavy (non-hydrogen) atoms. The highest BCUT2D eigenvalue weighted by atomic mass is 16.5. The molecule has 1 spiro atoms. The van der Waals surface area contributed by atoms with Gasteiger partial charge in [-0.15, -0.1) is 0 Å². The number of amides is 3. The summed E-state index contributed by atoms with van der Waals surface area (Å²) in [6.45, 7) is 3.73. The van der Waals surface area contributed by atoms with Crippen molar-refractivity contribution in [3.05, 3.63) is 71.3 Å². The summed E-state index contributed by atoms with van der Waals surface area (Å²) < 4.78 is 8.08. The van der Waals surface area contributed by atoms with Crippen LogP contribution in [0.15, 0.2) is 49.1 Å². The van der Waals surface area contributed by atoms with Crippen LogP contribution in [0.4, 0.5) is 0 Å². The normalized spacial score (nSPS) is 22.4. The lowest BCUT2D eigenvalue weighted by molar-refractivity contribution is -0.136. The van der Waals surface area contributed by atoms with E-state index in [1.54, 1.807) is 15.9 Å². The zero-order valence-electron chi connectivity index (χ0n) is 20.9. The molecule has 5 heterocycles. The predicted molar refractivity (Wildman–Crippen MR) is 136 cm³/mol. The van der Waals surface area contributed by atoms with E-state index in [4.69, 9.17) is 4.74 Å². The Morgan fingerprint density at radius 2 is 1.97 bits per heavy atom. The molecule has 10 heteroatoms. The Bertz CT molecular complexity index is 1440.